The SMILES string of the molecule is CSc1ccc(C(C)NCc2ccco2)cc1. The van der Waals surface area contributed by atoms with Gasteiger partial charge in [-0.25, -0.2) is 0 Å². The van der Waals surface area contributed by atoms with Crippen LogP contribution in [0.2, 0.25) is 0 Å². The van der Waals surface area contributed by atoms with Gasteiger partial charge in [-0.1, -0.05) is 12.1 Å². The Morgan fingerprint density at radius 1 is 1.24 bits per heavy atom. The average molecular weight is 247 g/mol. The molecular formula is C14H17NOS. The van der Waals surface area contributed by atoms with Gasteiger partial charge in [-0.3, -0.25) is 0 Å². The highest BCUT2D eigenvalue weighted by molar-refractivity contribution is 7.98. The maximum absolute atomic E-state index is 5.29. The zero-order valence-corrected chi connectivity index (χ0v) is 11.0. The molecular weight excluding hydrogens is 230 g/mol. The van der Waals surface area contributed by atoms with Crippen molar-refractivity contribution >= 4 is 11.8 Å². The highest BCUT2D eigenvalue weighted by atomic mass is 32.2. The summed E-state index contributed by atoms with van der Waals surface area (Å²) >= 11 is 1.77. The van der Waals surface area contributed by atoms with Gasteiger partial charge < -0.3 is 9.73 Å². The molecule has 3 heteroatoms. The molecule has 1 aromatic carbocycles. The molecule has 1 aromatic heterocycles. The summed E-state index contributed by atoms with van der Waals surface area (Å²) in [5.74, 6) is 0.970. The lowest BCUT2D eigenvalue weighted by Crippen LogP contribution is -2.17. The van der Waals surface area contributed by atoms with E-state index in [1.54, 1.807) is 18.0 Å². The standard InChI is InChI=1S/C14H17NOS/c1-11(15-10-13-4-3-9-16-13)12-5-7-14(17-2)8-6-12/h3-9,11,15H,10H2,1-2H3. The van der Waals surface area contributed by atoms with Crippen LogP contribution in [-0.2, 0) is 6.54 Å². The second kappa shape index (κ2) is 5.94. The van der Waals surface area contributed by atoms with E-state index < -0.39 is 0 Å². The molecule has 0 amide bonds. The monoisotopic (exact) mass is 247 g/mol. The van der Waals surface area contributed by atoms with E-state index >= 15 is 0 Å². The fourth-order valence-corrected chi connectivity index (χ4v) is 2.09. The summed E-state index contributed by atoms with van der Waals surface area (Å²) in [6, 6.07) is 12.9. The van der Waals surface area contributed by atoms with Crippen molar-refractivity contribution in [2.45, 2.75) is 24.4 Å². The molecule has 0 aliphatic heterocycles. The number of thioether (sulfide) groups is 1. The third-order valence-corrected chi connectivity index (χ3v) is 3.52. The molecule has 0 radical (unpaired) electrons. The van der Waals surface area contributed by atoms with Gasteiger partial charge in [-0.15, -0.1) is 11.8 Å². The number of hydrogen-bond acceptors (Lipinski definition) is 3. The molecule has 1 N–H and O–H groups in total. The zero-order chi connectivity index (χ0) is 12.1. The lowest BCUT2D eigenvalue weighted by Gasteiger charge is -2.13. The highest BCUT2D eigenvalue weighted by Gasteiger charge is 2.05. The lowest BCUT2D eigenvalue weighted by molar-refractivity contribution is 0.460. The van der Waals surface area contributed by atoms with Crippen molar-refractivity contribution in [2.24, 2.45) is 0 Å². The number of rotatable bonds is 5. The molecule has 90 valence electrons. The van der Waals surface area contributed by atoms with E-state index in [9.17, 15) is 0 Å². The van der Waals surface area contributed by atoms with Gasteiger partial charge in [0.1, 0.15) is 5.76 Å². The van der Waals surface area contributed by atoms with E-state index in [-0.39, 0.29) is 0 Å². The van der Waals surface area contributed by atoms with Crippen LogP contribution in [0.15, 0.2) is 52.0 Å². The Kier molecular flexibility index (Phi) is 4.29. The van der Waals surface area contributed by atoms with Crippen LogP contribution in [0.25, 0.3) is 0 Å². The molecule has 0 bridgehead atoms. The fourth-order valence-electron chi connectivity index (χ4n) is 1.68. The summed E-state index contributed by atoms with van der Waals surface area (Å²) in [6.45, 7) is 2.93. The van der Waals surface area contributed by atoms with Gasteiger partial charge in [0.25, 0.3) is 0 Å². The molecule has 2 nitrogen and oxygen atoms in total. The third-order valence-electron chi connectivity index (χ3n) is 2.78. The van der Waals surface area contributed by atoms with Gasteiger partial charge in [-0.2, -0.15) is 0 Å². The topological polar surface area (TPSA) is 25.2 Å². The van der Waals surface area contributed by atoms with Gasteiger partial charge >= 0.3 is 0 Å². The molecule has 0 saturated carbocycles. The maximum Gasteiger partial charge on any atom is 0.117 e. The molecule has 2 aromatic rings. The first-order valence-corrected chi connectivity index (χ1v) is 6.92. The van der Waals surface area contributed by atoms with Gasteiger partial charge in [0.05, 0.1) is 12.8 Å². The van der Waals surface area contributed by atoms with Crippen LogP contribution in [0.3, 0.4) is 0 Å². The fraction of sp³-hybridized carbons (Fsp3) is 0.286. The van der Waals surface area contributed by atoms with Gasteiger partial charge in [-0.05, 0) is 43.0 Å². The largest absolute Gasteiger partial charge is 0.468 e. The van der Waals surface area contributed by atoms with Crippen molar-refractivity contribution in [1.82, 2.24) is 5.32 Å². The Labute approximate surface area is 106 Å². The Balaban J connectivity index is 1.92. The predicted octanol–water partition coefficient (Wildman–Crippen LogP) is 3.85. The first kappa shape index (κ1) is 12.3. The van der Waals surface area contributed by atoms with E-state index in [1.165, 1.54) is 10.5 Å². The number of benzene rings is 1. The Morgan fingerprint density at radius 2 is 2.00 bits per heavy atom. The van der Waals surface area contributed by atoms with E-state index in [0.29, 0.717) is 6.04 Å². The van der Waals surface area contributed by atoms with Crippen molar-refractivity contribution < 1.29 is 4.42 Å². The predicted molar refractivity (Wildman–Crippen MR) is 72.2 cm³/mol. The van der Waals surface area contributed by atoms with E-state index in [4.69, 9.17) is 4.42 Å². The average Bonchev–Trinajstić information content (AvgIpc) is 2.89. The second-order valence-corrected chi connectivity index (χ2v) is 4.83. The summed E-state index contributed by atoms with van der Waals surface area (Å²) < 4.78 is 5.29. The van der Waals surface area contributed by atoms with Crippen LogP contribution in [0, 0.1) is 0 Å². The van der Waals surface area contributed by atoms with Crippen molar-refractivity contribution in [3.63, 3.8) is 0 Å². The summed E-state index contributed by atoms with van der Waals surface area (Å²) in [5, 5.41) is 3.44. The molecule has 1 heterocycles. The lowest BCUT2D eigenvalue weighted by atomic mass is 10.1. The molecule has 0 aliphatic rings. The molecule has 0 fully saturated rings. The Morgan fingerprint density at radius 3 is 2.59 bits per heavy atom. The smallest absolute Gasteiger partial charge is 0.117 e. The summed E-state index contributed by atoms with van der Waals surface area (Å²) in [4.78, 5) is 1.30. The summed E-state index contributed by atoms with van der Waals surface area (Å²) in [7, 11) is 0. The van der Waals surface area contributed by atoms with Crippen LogP contribution in [0.1, 0.15) is 24.3 Å². The molecule has 1 unspecified atom stereocenters. The van der Waals surface area contributed by atoms with Crippen LogP contribution in [0.5, 0.6) is 0 Å². The first-order valence-electron chi connectivity index (χ1n) is 5.69. The molecule has 2 rings (SSSR count). The minimum absolute atomic E-state index is 0.330. The molecule has 0 saturated heterocycles. The zero-order valence-electron chi connectivity index (χ0n) is 10.1. The normalized spacial score (nSPS) is 12.6. The quantitative estimate of drug-likeness (QED) is 0.812. The second-order valence-electron chi connectivity index (χ2n) is 3.96. The Bertz CT molecular complexity index is 436. The Hall–Kier alpha value is -1.19. The third kappa shape index (κ3) is 3.38. The van der Waals surface area contributed by atoms with Crippen LogP contribution < -0.4 is 5.32 Å². The summed E-state index contributed by atoms with van der Waals surface area (Å²) in [5.41, 5.74) is 1.30. The van der Waals surface area contributed by atoms with Crippen molar-refractivity contribution in [3.8, 4) is 0 Å². The van der Waals surface area contributed by atoms with Gasteiger partial charge in [0, 0.05) is 10.9 Å². The molecule has 0 spiro atoms. The van der Waals surface area contributed by atoms with Gasteiger partial charge in [0.15, 0.2) is 0 Å². The van der Waals surface area contributed by atoms with Crippen LogP contribution in [0.4, 0.5) is 0 Å². The molecule has 1 atom stereocenters. The summed E-state index contributed by atoms with van der Waals surface area (Å²) in [6.07, 6.45) is 3.79. The minimum Gasteiger partial charge on any atom is -0.468 e. The number of nitrogens with one attached hydrogen (secondary N) is 1. The first-order chi connectivity index (χ1) is 8.29. The minimum atomic E-state index is 0.330. The van der Waals surface area contributed by atoms with Crippen LogP contribution in [-0.4, -0.2) is 6.26 Å². The molecule has 17 heavy (non-hydrogen) atoms. The van der Waals surface area contributed by atoms with Crippen molar-refractivity contribution in [3.05, 3.63) is 54.0 Å². The van der Waals surface area contributed by atoms with Crippen LogP contribution >= 0.6 is 11.8 Å². The van der Waals surface area contributed by atoms with E-state index in [0.717, 1.165) is 12.3 Å². The van der Waals surface area contributed by atoms with E-state index in [2.05, 4.69) is 42.8 Å². The van der Waals surface area contributed by atoms with Crippen molar-refractivity contribution in [2.75, 3.05) is 6.26 Å². The van der Waals surface area contributed by atoms with E-state index in [1.807, 2.05) is 12.1 Å². The van der Waals surface area contributed by atoms with Crippen molar-refractivity contribution in [1.29, 1.82) is 0 Å². The molecule has 0 aliphatic carbocycles. The maximum atomic E-state index is 5.29. The number of hydrogen-bond donors (Lipinski definition) is 1. The number of furan rings is 1. The van der Waals surface area contributed by atoms with Gasteiger partial charge in [0.2, 0.25) is 0 Å². The highest BCUT2D eigenvalue weighted by Crippen LogP contribution is 2.19.